The summed E-state index contributed by atoms with van der Waals surface area (Å²) in [5.74, 6) is -1.59. The van der Waals surface area contributed by atoms with Crippen LogP contribution in [0.1, 0.15) is 45.1 Å². The Labute approximate surface area is 119 Å². The average Bonchev–Trinajstić information content (AvgIpc) is 2.38. The van der Waals surface area contributed by atoms with Crippen LogP contribution in [0.4, 0.5) is 8.78 Å². The molecule has 4 heteroatoms. The lowest BCUT2D eigenvalue weighted by molar-refractivity contribution is -0.0405. The predicted octanol–water partition coefficient (Wildman–Crippen LogP) is 4.14. The molecule has 1 aliphatic rings. The Hall–Kier alpha value is -1.16. The van der Waals surface area contributed by atoms with Gasteiger partial charge in [0.2, 0.25) is 5.92 Å². The van der Waals surface area contributed by atoms with Gasteiger partial charge in [-0.25, -0.2) is 8.78 Å². The van der Waals surface area contributed by atoms with Gasteiger partial charge in [-0.05, 0) is 44.4 Å². The highest BCUT2D eigenvalue weighted by Gasteiger charge is 2.34. The summed E-state index contributed by atoms with van der Waals surface area (Å²) in [5.41, 5.74) is 1.15. The Morgan fingerprint density at radius 1 is 1.20 bits per heavy atom. The van der Waals surface area contributed by atoms with Crippen molar-refractivity contribution in [2.45, 2.75) is 64.1 Å². The van der Waals surface area contributed by atoms with Crippen LogP contribution in [-0.2, 0) is 6.54 Å². The standard InChI is InChI=1S/C16H23F2NO/c1-12(2)20-15-5-3-13(4-6-15)11-19-14-7-9-16(17,18)10-8-14/h3-6,12,14,19H,7-11H2,1-2H3. The molecule has 0 bridgehead atoms. The zero-order valence-electron chi connectivity index (χ0n) is 12.2. The summed E-state index contributed by atoms with van der Waals surface area (Å²) in [5, 5.41) is 3.36. The van der Waals surface area contributed by atoms with Gasteiger partial charge in [0.15, 0.2) is 0 Å². The molecule has 1 aromatic rings. The first kappa shape index (κ1) is 15.2. The van der Waals surface area contributed by atoms with Gasteiger partial charge in [-0.2, -0.15) is 0 Å². The molecule has 0 saturated heterocycles. The van der Waals surface area contributed by atoms with Gasteiger partial charge in [0.05, 0.1) is 6.10 Å². The fourth-order valence-corrected chi connectivity index (χ4v) is 2.46. The first-order valence-corrected chi connectivity index (χ1v) is 7.31. The van der Waals surface area contributed by atoms with E-state index in [-0.39, 0.29) is 25.0 Å². The zero-order valence-corrected chi connectivity index (χ0v) is 12.2. The SMILES string of the molecule is CC(C)Oc1ccc(CNC2CCC(F)(F)CC2)cc1. The number of halogens is 2. The van der Waals surface area contributed by atoms with E-state index in [0.29, 0.717) is 12.8 Å². The molecule has 0 atom stereocenters. The molecule has 0 radical (unpaired) electrons. The fraction of sp³-hybridized carbons (Fsp3) is 0.625. The van der Waals surface area contributed by atoms with E-state index in [1.165, 1.54) is 0 Å². The number of rotatable bonds is 5. The van der Waals surface area contributed by atoms with Gasteiger partial charge in [-0.1, -0.05) is 12.1 Å². The highest BCUT2D eigenvalue weighted by atomic mass is 19.3. The highest BCUT2D eigenvalue weighted by Crippen LogP contribution is 2.33. The van der Waals surface area contributed by atoms with E-state index in [9.17, 15) is 8.78 Å². The Balaban J connectivity index is 1.77. The Kier molecular flexibility index (Phi) is 4.97. The molecule has 0 amide bonds. The molecule has 0 aromatic heterocycles. The van der Waals surface area contributed by atoms with Crippen molar-refractivity contribution >= 4 is 0 Å². The summed E-state index contributed by atoms with van der Waals surface area (Å²) in [6.07, 6.45) is 1.30. The Morgan fingerprint density at radius 2 is 1.80 bits per heavy atom. The van der Waals surface area contributed by atoms with Crippen LogP contribution in [0.2, 0.25) is 0 Å². The topological polar surface area (TPSA) is 21.3 Å². The lowest BCUT2D eigenvalue weighted by atomic mass is 9.92. The molecule has 1 aliphatic carbocycles. The molecule has 1 N–H and O–H groups in total. The first-order valence-electron chi connectivity index (χ1n) is 7.31. The monoisotopic (exact) mass is 283 g/mol. The van der Waals surface area contributed by atoms with Crippen molar-refractivity contribution < 1.29 is 13.5 Å². The second-order valence-electron chi connectivity index (χ2n) is 5.82. The quantitative estimate of drug-likeness (QED) is 0.877. The van der Waals surface area contributed by atoms with Gasteiger partial charge >= 0.3 is 0 Å². The molecular formula is C16H23F2NO. The van der Waals surface area contributed by atoms with Crippen LogP contribution in [0.5, 0.6) is 5.75 Å². The van der Waals surface area contributed by atoms with E-state index in [1.54, 1.807) is 0 Å². The predicted molar refractivity (Wildman–Crippen MR) is 76.2 cm³/mol. The largest absolute Gasteiger partial charge is 0.491 e. The van der Waals surface area contributed by atoms with E-state index < -0.39 is 5.92 Å². The number of benzene rings is 1. The summed E-state index contributed by atoms with van der Waals surface area (Å²) in [4.78, 5) is 0. The van der Waals surface area contributed by atoms with Crippen molar-refractivity contribution in [3.8, 4) is 5.75 Å². The second kappa shape index (κ2) is 6.53. The number of alkyl halides is 2. The Morgan fingerprint density at radius 3 is 2.35 bits per heavy atom. The van der Waals surface area contributed by atoms with Crippen molar-refractivity contribution in [2.75, 3.05) is 0 Å². The Bertz CT molecular complexity index is 407. The van der Waals surface area contributed by atoms with Crippen molar-refractivity contribution in [2.24, 2.45) is 0 Å². The summed E-state index contributed by atoms with van der Waals surface area (Å²) < 4.78 is 31.7. The lowest BCUT2D eigenvalue weighted by Crippen LogP contribution is -2.36. The van der Waals surface area contributed by atoms with Crippen LogP contribution in [0.3, 0.4) is 0 Å². The summed E-state index contributed by atoms with van der Waals surface area (Å²) >= 11 is 0. The molecule has 0 heterocycles. The van der Waals surface area contributed by atoms with Crippen LogP contribution in [0, 0.1) is 0 Å². The lowest BCUT2D eigenvalue weighted by Gasteiger charge is -2.29. The van der Waals surface area contributed by atoms with Crippen LogP contribution >= 0.6 is 0 Å². The van der Waals surface area contributed by atoms with Crippen LogP contribution in [0.25, 0.3) is 0 Å². The van der Waals surface area contributed by atoms with E-state index in [1.807, 2.05) is 38.1 Å². The maximum atomic E-state index is 13.0. The van der Waals surface area contributed by atoms with Gasteiger partial charge in [0, 0.05) is 25.4 Å². The summed E-state index contributed by atoms with van der Waals surface area (Å²) in [6.45, 7) is 4.71. The molecule has 2 nitrogen and oxygen atoms in total. The third-order valence-electron chi connectivity index (χ3n) is 3.61. The summed E-state index contributed by atoms with van der Waals surface area (Å²) in [6, 6.07) is 8.14. The number of hydrogen-bond donors (Lipinski definition) is 1. The van der Waals surface area contributed by atoms with Gasteiger partial charge in [0.25, 0.3) is 0 Å². The normalized spacial score (nSPS) is 19.2. The van der Waals surface area contributed by atoms with Crippen molar-refractivity contribution in [3.05, 3.63) is 29.8 Å². The molecular weight excluding hydrogens is 260 g/mol. The van der Waals surface area contributed by atoms with Crippen LogP contribution in [-0.4, -0.2) is 18.1 Å². The van der Waals surface area contributed by atoms with Gasteiger partial charge in [0.1, 0.15) is 5.75 Å². The summed E-state index contributed by atoms with van der Waals surface area (Å²) in [7, 11) is 0. The minimum absolute atomic E-state index is 0.00579. The smallest absolute Gasteiger partial charge is 0.248 e. The van der Waals surface area contributed by atoms with Crippen molar-refractivity contribution in [1.82, 2.24) is 5.32 Å². The van der Waals surface area contributed by atoms with Gasteiger partial charge in [-0.15, -0.1) is 0 Å². The molecule has 112 valence electrons. The first-order chi connectivity index (χ1) is 9.44. The number of hydrogen-bond acceptors (Lipinski definition) is 2. The molecule has 0 unspecified atom stereocenters. The zero-order chi connectivity index (χ0) is 14.6. The van der Waals surface area contributed by atoms with Gasteiger partial charge < -0.3 is 10.1 Å². The number of nitrogens with one attached hydrogen (secondary N) is 1. The van der Waals surface area contributed by atoms with E-state index in [2.05, 4.69) is 5.32 Å². The number of ether oxygens (including phenoxy) is 1. The average molecular weight is 283 g/mol. The van der Waals surface area contributed by atoms with Crippen LogP contribution in [0.15, 0.2) is 24.3 Å². The van der Waals surface area contributed by atoms with Crippen molar-refractivity contribution in [1.29, 1.82) is 0 Å². The molecule has 0 aliphatic heterocycles. The molecule has 0 spiro atoms. The van der Waals surface area contributed by atoms with E-state index in [0.717, 1.165) is 17.9 Å². The third kappa shape index (κ3) is 4.75. The van der Waals surface area contributed by atoms with E-state index >= 15 is 0 Å². The minimum atomic E-state index is -2.45. The molecule has 1 fully saturated rings. The van der Waals surface area contributed by atoms with Crippen molar-refractivity contribution in [3.63, 3.8) is 0 Å². The molecule has 1 saturated carbocycles. The highest BCUT2D eigenvalue weighted by molar-refractivity contribution is 5.27. The molecule has 1 aromatic carbocycles. The second-order valence-corrected chi connectivity index (χ2v) is 5.82. The molecule has 20 heavy (non-hydrogen) atoms. The van der Waals surface area contributed by atoms with Gasteiger partial charge in [-0.3, -0.25) is 0 Å². The maximum absolute atomic E-state index is 13.0. The molecule has 2 rings (SSSR count). The minimum Gasteiger partial charge on any atom is -0.491 e. The van der Waals surface area contributed by atoms with Crippen LogP contribution < -0.4 is 10.1 Å². The fourth-order valence-electron chi connectivity index (χ4n) is 2.46. The third-order valence-corrected chi connectivity index (χ3v) is 3.61. The van der Waals surface area contributed by atoms with E-state index in [4.69, 9.17) is 4.74 Å². The maximum Gasteiger partial charge on any atom is 0.248 e.